The van der Waals surface area contributed by atoms with Gasteiger partial charge in [0.15, 0.2) is 0 Å². The SMILES string of the molecule is CC(CO)c1cc2ccccc2n1CC1CCCC1. The van der Waals surface area contributed by atoms with Gasteiger partial charge in [-0.05, 0) is 36.3 Å². The predicted molar refractivity (Wildman–Crippen MR) is 79.4 cm³/mol. The topological polar surface area (TPSA) is 25.2 Å². The molecule has 1 N–H and O–H groups in total. The van der Waals surface area contributed by atoms with Gasteiger partial charge in [-0.15, -0.1) is 0 Å². The Balaban J connectivity index is 2.02. The molecule has 1 aromatic heterocycles. The third-order valence-electron chi connectivity index (χ3n) is 4.54. The van der Waals surface area contributed by atoms with Crippen LogP contribution in [0, 0.1) is 5.92 Å². The third kappa shape index (κ3) is 2.42. The summed E-state index contributed by atoms with van der Waals surface area (Å²) in [5.74, 6) is 1.04. The minimum atomic E-state index is 0.216. The Morgan fingerprint density at radius 2 is 2.00 bits per heavy atom. The fraction of sp³-hybridized carbons (Fsp3) is 0.529. The maximum absolute atomic E-state index is 9.49. The molecule has 1 atom stereocenters. The van der Waals surface area contributed by atoms with Crippen molar-refractivity contribution in [1.82, 2.24) is 4.57 Å². The molecule has 1 aliphatic rings. The highest BCUT2D eigenvalue weighted by atomic mass is 16.3. The van der Waals surface area contributed by atoms with E-state index < -0.39 is 0 Å². The summed E-state index contributed by atoms with van der Waals surface area (Å²) in [6.45, 7) is 3.45. The van der Waals surface area contributed by atoms with E-state index in [2.05, 4.69) is 41.8 Å². The molecule has 3 rings (SSSR count). The lowest BCUT2D eigenvalue weighted by Gasteiger charge is -2.18. The van der Waals surface area contributed by atoms with Crippen LogP contribution < -0.4 is 0 Å². The number of para-hydroxylation sites is 1. The first-order valence-electron chi connectivity index (χ1n) is 7.48. The summed E-state index contributed by atoms with van der Waals surface area (Å²) in [7, 11) is 0. The Kier molecular flexibility index (Phi) is 3.61. The normalized spacial score (nSPS) is 18.2. The van der Waals surface area contributed by atoms with Crippen LogP contribution in [0.25, 0.3) is 10.9 Å². The average Bonchev–Trinajstić information content (AvgIpc) is 3.07. The molecule has 2 aromatic rings. The van der Waals surface area contributed by atoms with Crippen molar-refractivity contribution in [2.45, 2.75) is 45.1 Å². The van der Waals surface area contributed by atoms with Crippen molar-refractivity contribution < 1.29 is 5.11 Å². The second-order valence-electron chi connectivity index (χ2n) is 5.97. The van der Waals surface area contributed by atoms with Crippen molar-refractivity contribution in [3.8, 4) is 0 Å². The van der Waals surface area contributed by atoms with E-state index in [0.29, 0.717) is 0 Å². The van der Waals surface area contributed by atoms with Crippen molar-refractivity contribution in [1.29, 1.82) is 0 Å². The molecule has 0 spiro atoms. The van der Waals surface area contributed by atoms with E-state index in [1.54, 1.807) is 0 Å². The van der Waals surface area contributed by atoms with Gasteiger partial charge >= 0.3 is 0 Å². The number of fused-ring (bicyclic) bond motifs is 1. The van der Waals surface area contributed by atoms with Crippen molar-refractivity contribution in [2.75, 3.05) is 6.61 Å². The Bertz CT molecular complexity index is 551. The lowest BCUT2D eigenvalue weighted by molar-refractivity contribution is 0.267. The maximum atomic E-state index is 9.49. The highest BCUT2D eigenvalue weighted by Crippen LogP contribution is 2.31. The van der Waals surface area contributed by atoms with Gasteiger partial charge in [-0.25, -0.2) is 0 Å². The number of aliphatic hydroxyl groups is 1. The number of rotatable bonds is 4. The van der Waals surface area contributed by atoms with E-state index in [0.717, 1.165) is 12.5 Å². The van der Waals surface area contributed by atoms with E-state index in [1.807, 2.05) is 0 Å². The first-order valence-corrected chi connectivity index (χ1v) is 7.48. The number of aromatic nitrogens is 1. The van der Waals surface area contributed by atoms with E-state index in [-0.39, 0.29) is 12.5 Å². The molecule has 2 heteroatoms. The first-order chi connectivity index (χ1) is 9.29. The summed E-state index contributed by atoms with van der Waals surface area (Å²) in [5, 5.41) is 10.8. The van der Waals surface area contributed by atoms with E-state index >= 15 is 0 Å². The van der Waals surface area contributed by atoms with Crippen LogP contribution in [0.5, 0.6) is 0 Å². The highest BCUT2D eigenvalue weighted by Gasteiger charge is 2.20. The fourth-order valence-electron chi connectivity index (χ4n) is 3.39. The molecule has 0 bridgehead atoms. The van der Waals surface area contributed by atoms with E-state index in [4.69, 9.17) is 0 Å². The maximum Gasteiger partial charge on any atom is 0.0511 e. The Hall–Kier alpha value is -1.28. The van der Waals surface area contributed by atoms with Crippen LogP contribution in [0.1, 0.15) is 44.2 Å². The summed E-state index contributed by atoms with van der Waals surface area (Å²) >= 11 is 0. The number of hydrogen-bond acceptors (Lipinski definition) is 1. The summed E-state index contributed by atoms with van der Waals surface area (Å²) in [5.41, 5.74) is 2.61. The van der Waals surface area contributed by atoms with Crippen LogP contribution in [0.2, 0.25) is 0 Å². The molecule has 0 saturated heterocycles. The number of hydrogen-bond donors (Lipinski definition) is 1. The van der Waals surface area contributed by atoms with Crippen molar-refractivity contribution in [3.05, 3.63) is 36.0 Å². The number of aliphatic hydroxyl groups excluding tert-OH is 1. The molecule has 1 saturated carbocycles. The van der Waals surface area contributed by atoms with Crippen molar-refractivity contribution >= 4 is 10.9 Å². The van der Waals surface area contributed by atoms with Gasteiger partial charge in [0, 0.05) is 23.7 Å². The van der Waals surface area contributed by atoms with Gasteiger partial charge in [0.1, 0.15) is 0 Å². The minimum Gasteiger partial charge on any atom is -0.396 e. The average molecular weight is 257 g/mol. The third-order valence-corrected chi connectivity index (χ3v) is 4.54. The summed E-state index contributed by atoms with van der Waals surface area (Å²) in [6.07, 6.45) is 5.49. The van der Waals surface area contributed by atoms with Gasteiger partial charge in [0.05, 0.1) is 6.61 Å². The minimum absolute atomic E-state index is 0.216. The van der Waals surface area contributed by atoms with Crippen molar-refractivity contribution in [3.63, 3.8) is 0 Å². The van der Waals surface area contributed by atoms with Gasteiger partial charge in [0.2, 0.25) is 0 Å². The Labute approximate surface area is 115 Å². The zero-order chi connectivity index (χ0) is 13.2. The first kappa shape index (κ1) is 12.7. The summed E-state index contributed by atoms with van der Waals surface area (Å²) in [6, 6.07) is 10.8. The Morgan fingerprint density at radius 1 is 1.26 bits per heavy atom. The highest BCUT2D eigenvalue weighted by molar-refractivity contribution is 5.81. The molecule has 1 fully saturated rings. The second-order valence-corrected chi connectivity index (χ2v) is 5.97. The standard InChI is InChI=1S/C17H23NO/c1-13(12-19)17-10-15-8-4-5-9-16(15)18(17)11-14-6-2-3-7-14/h4-5,8-10,13-14,19H,2-3,6-7,11-12H2,1H3. The molecule has 1 aliphatic carbocycles. The predicted octanol–water partition coefficient (Wildman–Crippen LogP) is 3.93. The largest absolute Gasteiger partial charge is 0.396 e. The van der Waals surface area contributed by atoms with Crippen molar-refractivity contribution in [2.24, 2.45) is 5.92 Å². The van der Waals surface area contributed by atoms with Gasteiger partial charge in [0.25, 0.3) is 0 Å². The lowest BCUT2D eigenvalue weighted by atomic mass is 10.1. The van der Waals surface area contributed by atoms with E-state index in [1.165, 1.54) is 42.3 Å². The van der Waals surface area contributed by atoms with Crippen LogP contribution in [0.15, 0.2) is 30.3 Å². The summed E-state index contributed by atoms with van der Waals surface area (Å²) in [4.78, 5) is 0. The molecular weight excluding hydrogens is 234 g/mol. The van der Waals surface area contributed by atoms with Crippen LogP contribution in [-0.2, 0) is 6.54 Å². The molecular formula is C17H23NO. The van der Waals surface area contributed by atoms with Crippen LogP contribution >= 0.6 is 0 Å². The molecule has 19 heavy (non-hydrogen) atoms. The lowest BCUT2D eigenvalue weighted by Crippen LogP contribution is -2.13. The molecule has 0 amide bonds. The summed E-state index contributed by atoms with van der Waals surface area (Å²) < 4.78 is 2.45. The monoisotopic (exact) mass is 257 g/mol. The zero-order valence-corrected chi connectivity index (χ0v) is 11.7. The molecule has 1 heterocycles. The van der Waals surface area contributed by atoms with Gasteiger partial charge in [-0.1, -0.05) is 38.0 Å². The molecule has 0 aliphatic heterocycles. The Morgan fingerprint density at radius 3 is 2.74 bits per heavy atom. The van der Waals surface area contributed by atoms with Crippen LogP contribution in [0.4, 0.5) is 0 Å². The fourth-order valence-corrected chi connectivity index (χ4v) is 3.39. The van der Waals surface area contributed by atoms with Gasteiger partial charge in [-0.3, -0.25) is 0 Å². The smallest absolute Gasteiger partial charge is 0.0511 e. The van der Waals surface area contributed by atoms with Gasteiger partial charge < -0.3 is 9.67 Å². The second kappa shape index (κ2) is 5.38. The van der Waals surface area contributed by atoms with E-state index in [9.17, 15) is 5.11 Å². The number of nitrogens with zero attached hydrogens (tertiary/aromatic N) is 1. The molecule has 102 valence electrons. The molecule has 1 unspecified atom stereocenters. The van der Waals surface area contributed by atoms with Crippen LogP contribution in [-0.4, -0.2) is 16.3 Å². The molecule has 2 nitrogen and oxygen atoms in total. The zero-order valence-electron chi connectivity index (χ0n) is 11.7. The molecule has 0 radical (unpaired) electrons. The quantitative estimate of drug-likeness (QED) is 0.882. The van der Waals surface area contributed by atoms with Crippen LogP contribution in [0.3, 0.4) is 0 Å². The van der Waals surface area contributed by atoms with Gasteiger partial charge in [-0.2, -0.15) is 0 Å². The number of benzene rings is 1. The molecule has 1 aromatic carbocycles.